The van der Waals surface area contributed by atoms with E-state index in [9.17, 15) is 4.79 Å². The Bertz CT molecular complexity index is 402. The van der Waals surface area contributed by atoms with Gasteiger partial charge in [0, 0.05) is 64.9 Å². The van der Waals surface area contributed by atoms with E-state index in [1.807, 2.05) is 0 Å². The van der Waals surface area contributed by atoms with Crippen molar-refractivity contribution in [1.29, 1.82) is 0 Å². The van der Waals surface area contributed by atoms with Crippen LogP contribution in [0.15, 0.2) is 0 Å². The fourth-order valence-corrected chi connectivity index (χ4v) is 4.17. The number of rotatable bonds is 3. The van der Waals surface area contributed by atoms with Crippen LogP contribution in [0.5, 0.6) is 0 Å². The van der Waals surface area contributed by atoms with Crippen molar-refractivity contribution < 1.29 is 4.79 Å². The summed E-state index contributed by atoms with van der Waals surface area (Å²) in [6.45, 7) is 11.3. The van der Waals surface area contributed by atoms with E-state index >= 15 is 0 Å². The van der Waals surface area contributed by atoms with Gasteiger partial charge in [0.15, 0.2) is 0 Å². The monoisotopic (exact) mass is 337 g/mol. The molecule has 6 nitrogen and oxygen atoms in total. The molecule has 3 aliphatic rings. The predicted molar refractivity (Wildman–Crippen MR) is 97.2 cm³/mol. The lowest BCUT2D eigenvalue weighted by molar-refractivity contribution is -0.134. The van der Waals surface area contributed by atoms with Gasteiger partial charge in [-0.1, -0.05) is 6.42 Å². The molecule has 0 aromatic carbocycles. The van der Waals surface area contributed by atoms with E-state index < -0.39 is 0 Å². The summed E-state index contributed by atoms with van der Waals surface area (Å²) in [4.78, 5) is 24.5. The molecule has 0 unspecified atom stereocenters. The Labute approximate surface area is 147 Å². The van der Waals surface area contributed by atoms with Gasteiger partial charge in [-0.15, -0.1) is 0 Å². The zero-order valence-corrected chi connectivity index (χ0v) is 15.6. The summed E-state index contributed by atoms with van der Waals surface area (Å²) >= 11 is 0. The van der Waals surface area contributed by atoms with Crippen LogP contribution in [0, 0.1) is 0 Å². The Kier molecular flexibility index (Phi) is 6.49. The molecule has 0 aromatic rings. The number of carbonyl (C=O) groups is 1. The lowest BCUT2D eigenvalue weighted by atomic mass is 10.1. The van der Waals surface area contributed by atoms with Crippen molar-refractivity contribution >= 4 is 5.91 Å². The van der Waals surface area contributed by atoms with Gasteiger partial charge in [-0.25, -0.2) is 0 Å². The summed E-state index contributed by atoms with van der Waals surface area (Å²) in [7, 11) is 4.35. The lowest BCUT2D eigenvalue weighted by Crippen LogP contribution is -2.53. The largest absolute Gasteiger partial charge is 0.339 e. The van der Waals surface area contributed by atoms with Crippen molar-refractivity contribution in [3.63, 3.8) is 0 Å². The van der Waals surface area contributed by atoms with E-state index in [1.54, 1.807) is 0 Å². The molecule has 6 heteroatoms. The number of carbonyl (C=O) groups excluding carboxylic acids is 1. The smallest absolute Gasteiger partial charge is 0.236 e. The van der Waals surface area contributed by atoms with Crippen LogP contribution < -0.4 is 0 Å². The number of amides is 1. The standard InChI is InChI=1S/C18H35N5O/c1-19-7-11-22(12-8-19)17-5-3-4-6-21(15-17)16-18(24)23-13-9-20(2)10-14-23/h17H,3-16H2,1-2H3/t17-/m1/s1. The molecular formula is C18H35N5O. The molecule has 3 saturated heterocycles. The average Bonchev–Trinajstić information content (AvgIpc) is 2.82. The number of piperazine rings is 2. The van der Waals surface area contributed by atoms with Crippen molar-refractivity contribution in [2.24, 2.45) is 0 Å². The zero-order valence-electron chi connectivity index (χ0n) is 15.6. The Morgan fingerprint density at radius 2 is 1.46 bits per heavy atom. The second kappa shape index (κ2) is 8.61. The average molecular weight is 338 g/mol. The summed E-state index contributed by atoms with van der Waals surface area (Å²) in [5.74, 6) is 0.335. The van der Waals surface area contributed by atoms with Crippen molar-refractivity contribution in [1.82, 2.24) is 24.5 Å². The summed E-state index contributed by atoms with van der Waals surface area (Å²) in [6.07, 6.45) is 3.83. The van der Waals surface area contributed by atoms with E-state index in [1.165, 1.54) is 45.4 Å². The Balaban J connectivity index is 1.50. The maximum Gasteiger partial charge on any atom is 0.236 e. The first-order valence-corrected chi connectivity index (χ1v) is 9.73. The van der Waals surface area contributed by atoms with Crippen molar-refractivity contribution in [2.75, 3.05) is 86.1 Å². The number of hydrogen-bond acceptors (Lipinski definition) is 5. The number of likely N-dealkylation sites (tertiary alicyclic amines) is 1. The summed E-state index contributed by atoms with van der Waals surface area (Å²) in [5.41, 5.74) is 0. The Hall–Kier alpha value is -0.690. The van der Waals surface area contributed by atoms with Gasteiger partial charge in [-0.05, 0) is 33.5 Å². The van der Waals surface area contributed by atoms with Gasteiger partial charge in [0.05, 0.1) is 6.54 Å². The molecule has 0 saturated carbocycles. The molecule has 0 radical (unpaired) electrons. The zero-order chi connectivity index (χ0) is 16.9. The van der Waals surface area contributed by atoms with Crippen LogP contribution in [-0.4, -0.2) is 123 Å². The SMILES string of the molecule is CN1CCN(C(=O)CN2CCCC[C@@H](N3CCN(C)CC3)C2)CC1. The molecule has 0 bridgehead atoms. The molecule has 0 aromatic heterocycles. The molecular weight excluding hydrogens is 302 g/mol. The topological polar surface area (TPSA) is 33.3 Å². The molecule has 138 valence electrons. The number of nitrogens with zero attached hydrogens (tertiary/aromatic N) is 5. The first kappa shape index (κ1) is 18.1. The van der Waals surface area contributed by atoms with Crippen LogP contribution in [0.4, 0.5) is 0 Å². The van der Waals surface area contributed by atoms with Crippen molar-refractivity contribution in [3.05, 3.63) is 0 Å². The second-order valence-electron chi connectivity index (χ2n) is 7.91. The molecule has 24 heavy (non-hydrogen) atoms. The Morgan fingerprint density at radius 3 is 2.12 bits per heavy atom. The third-order valence-electron chi connectivity index (χ3n) is 6.00. The van der Waals surface area contributed by atoms with E-state index in [2.05, 4.69) is 38.6 Å². The van der Waals surface area contributed by atoms with Crippen LogP contribution >= 0.6 is 0 Å². The predicted octanol–water partition coefficient (Wildman–Crippen LogP) is -0.138. The lowest BCUT2D eigenvalue weighted by Gasteiger charge is -2.39. The fraction of sp³-hybridized carbons (Fsp3) is 0.944. The molecule has 1 amide bonds. The minimum atomic E-state index is 0.335. The molecule has 3 heterocycles. The maximum atomic E-state index is 12.7. The minimum absolute atomic E-state index is 0.335. The summed E-state index contributed by atoms with van der Waals surface area (Å²) in [5, 5.41) is 0. The molecule has 3 fully saturated rings. The normalized spacial score (nSPS) is 29.6. The third kappa shape index (κ3) is 4.91. The van der Waals surface area contributed by atoms with Crippen LogP contribution in [0.2, 0.25) is 0 Å². The van der Waals surface area contributed by atoms with E-state index in [-0.39, 0.29) is 0 Å². The number of likely N-dealkylation sites (N-methyl/N-ethyl adjacent to an activating group) is 2. The minimum Gasteiger partial charge on any atom is -0.339 e. The van der Waals surface area contributed by atoms with Crippen LogP contribution in [0.25, 0.3) is 0 Å². The number of hydrogen-bond donors (Lipinski definition) is 0. The summed E-state index contributed by atoms with van der Waals surface area (Å²) < 4.78 is 0. The van der Waals surface area contributed by atoms with Gasteiger partial charge < -0.3 is 14.7 Å². The van der Waals surface area contributed by atoms with Gasteiger partial charge in [-0.2, -0.15) is 0 Å². The highest BCUT2D eigenvalue weighted by molar-refractivity contribution is 5.78. The van der Waals surface area contributed by atoms with Gasteiger partial charge in [-0.3, -0.25) is 14.6 Å². The van der Waals surface area contributed by atoms with Crippen LogP contribution in [0.1, 0.15) is 19.3 Å². The van der Waals surface area contributed by atoms with Crippen molar-refractivity contribution in [2.45, 2.75) is 25.3 Å². The van der Waals surface area contributed by atoms with E-state index in [0.29, 0.717) is 18.5 Å². The highest BCUT2D eigenvalue weighted by Crippen LogP contribution is 2.18. The first-order valence-electron chi connectivity index (χ1n) is 9.73. The van der Waals surface area contributed by atoms with E-state index in [0.717, 1.165) is 39.3 Å². The van der Waals surface area contributed by atoms with Crippen LogP contribution in [-0.2, 0) is 4.79 Å². The maximum absolute atomic E-state index is 12.7. The molecule has 3 rings (SSSR count). The molecule has 0 spiro atoms. The first-order chi connectivity index (χ1) is 11.6. The van der Waals surface area contributed by atoms with Crippen molar-refractivity contribution in [3.8, 4) is 0 Å². The highest BCUT2D eigenvalue weighted by Gasteiger charge is 2.28. The summed E-state index contributed by atoms with van der Waals surface area (Å²) in [6, 6.07) is 0.640. The van der Waals surface area contributed by atoms with E-state index in [4.69, 9.17) is 0 Å². The van der Waals surface area contributed by atoms with Crippen LogP contribution in [0.3, 0.4) is 0 Å². The molecule has 0 aliphatic carbocycles. The van der Waals surface area contributed by atoms with Gasteiger partial charge in [0.25, 0.3) is 0 Å². The quantitative estimate of drug-likeness (QED) is 0.716. The Morgan fingerprint density at radius 1 is 0.833 bits per heavy atom. The van der Waals surface area contributed by atoms with Gasteiger partial charge in [0.2, 0.25) is 5.91 Å². The molecule has 3 aliphatic heterocycles. The van der Waals surface area contributed by atoms with Gasteiger partial charge in [0.1, 0.15) is 0 Å². The highest BCUT2D eigenvalue weighted by atomic mass is 16.2. The van der Waals surface area contributed by atoms with Gasteiger partial charge >= 0.3 is 0 Å². The third-order valence-corrected chi connectivity index (χ3v) is 6.00. The fourth-order valence-electron chi connectivity index (χ4n) is 4.17. The molecule has 0 N–H and O–H groups in total. The second-order valence-corrected chi connectivity index (χ2v) is 7.91. The molecule has 1 atom stereocenters.